The molecule has 0 spiro atoms. The number of rotatable bonds is 1. The van der Waals surface area contributed by atoms with E-state index in [1.165, 1.54) is 22.9 Å². The summed E-state index contributed by atoms with van der Waals surface area (Å²) in [6.07, 6.45) is 0.535. The Kier molecular flexibility index (Phi) is 2.52. The molecule has 1 aliphatic rings. The average molecular weight is 251 g/mol. The lowest BCUT2D eigenvalue weighted by molar-refractivity contribution is 0.110. The van der Waals surface area contributed by atoms with Gasteiger partial charge < -0.3 is 10.5 Å². The highest BCUT2D eigenvalue weighted by molar-refractivity contribution is 5.48. The number of ether oxygens (including phenoxy) is 1. The molecule has 0 aliphatic carbocycles. The van der Waals surface area contributed by atoms with Crippen LogP contribution in [0.1, 0.15) is 11.3 Å². The van der Waals surface area contributed by atoms with Gasteiger partial charge >= 0.3 is 0 Å². The largest absolute Gasteiger partial charge is 0.382 e. The number of nitrogen functional groups attached to an aromatic ring is 1. The Morgan fingerprint density at radius 2 is 2.00 bits per heavy atom. The Hall–Kier alpha value is -1.95. The fourth-order valence-electron chi connectivity index (χ4n) is 2.14. The maximum absolute atomic E-state index is 13.7. The molecule has 0 amide bonds. The van der Waals surface area contributed by atoms with Crippen LogP contribution in [0, 0.1) is 11.6 Å². The van der Waals surface area contributed by atoms with Crippen LogP contribution in [0.4, 0.5) is 14.6 Å². The monoisotopic (exact) mass is 251 g/mol. The average Bonchev–Trinajstić information content (AvgIpc) is 2.68. The maximum Gasteiger partial charge on any atom is 0.151 e. The van der Waals surface area contributed by atoms with Crippen molar-refractivity contribution in [2.45, 2.75) is 13.0 Å². The number of hydrogen-bond donors (Lipinski definition) is 1. The van der Waals surface area contributed by atoms with Crippen molar-refractivity contribution in [2.24, 2.45) is 0 Å². The minimum Gasteiger partial charge on any atom is -0.382 e. The number of aromatic nitrogens is 2. The van der Waals surface area contributed by atoms with Crippen LogP contribution in [0.2, 0.25) is 0 Å². The number of fused-ring (bicyclic) bond motifs is 1. The molecule has 0 fully saturated rings. The van der Waals surface area contributed by atoms with E-state index in [0.717, 1.165) is 0 Å². The van der Waals surface area contributed by atoms with E-state index in [4.69, 9.17) is 10.5 Å². The first-order valence-electron chi connectivity index (χ1n) is 5.57. The van der Waals surface area contributed by atoms with Crippen LogP contribution in [-0.2, 0) is 17.8 Å². The molecule has 2 heterocycles. The molecule has 4 nitrogen and oxygen atoms in total. The van der Waals surface area contributed by atoms with E-state index in [-0.39, 0.29) is 11.5 Å². The highest BCUT2D eigenvalue weighted by atomic mass is 19.1. The molecule has 0 radical (unpaired) electrons. The Balaban J connectivity index is 2.24. The molecule has 0 saturated carbocycles. The van der Waals surface area contributed by atoms with E-state index in [2.05, 4.69) is 5.10 Å². The zero-order chi connectivity index (χ0) is 12.7. The first-order valence-corrected chi connectivity index (χ1v) is 5.57. The standard InChI is InChI=1S/C12H11F2N3O/c13-8-2-1-3-9(14)11(8)17-10-4-5-18-6-7(10)12(15)16-17/h1-3H,4-6H2,(H2,15,16). The van der Waals surface area contributed by atoms with Gasteiger partial charge in [-0.25, -0.2) is 13.5 Å². The normalized spacial score (nSPS) is 14.6. The predicted octanol–water partition coefficient (Wildman–Crippen LogP) is 1.81. The number of para-hydroxylation sites is 1. The van der Waals surface area contributed by atoms with Gasteiger partial charge in [0.2, 0.25) is 0 Å². The predicted molar refractivity (Wildman–Crippen MR) is 61.3 cm³/mol. The molecule has 1 aliphatic heterocycles. The number of hydrogen-bond acceptors (Lipinski definition) is 3. The summed E-state index contributed by atoms with van der Waals surface area (Å²) < 4.78 is 34.0. The van der Waals surface area contributed by atoms with Gasteiger partial charge in [0, 0.05) is 12.0 Å². The molecule has 18 heavy (non-hydrogen) atoms. The van der Waals surface area contributed by atoms with Crippen molar-refractivity contribution in [1.29, 1.82) is 0 Å². The first-order chi connectivity index (χ1) is 8.68. The number of halogens is 2. The lowest BCUT2D eigenvalue weighted by Crippen LogP contribution is -2.14. The van der Waals surface area contributed by atoms with E-state index >= 15 is 0 Å². The van der Waals surface area contributed by atoms with Gasteiger partial charge in [-0.1, -0.05) is 6.07 Å². The first kappa shape index (κ1) is 11.2. The molecule has 3 rings (SSSR count). The molecule has 6 heteroatoms. The summed E-state index contributed by atoms with van der Waals surface area (Å²) in [5.41, 5.74) is 6.98. The Bertz CT molecular complexity index is 589. The van der Waals surface area contributed by atoms with E-state index in [1.54, 1.807) is 0 Å². The maximum atomic E-state index is 13.7. The van der Waals surface area contributed by atoms with Crippen molar-refractivity contribution < 1.29 is 13.5 Å². The Morgan fingerprint density at radius 3 is 2.72 bits per heavy atom. The van der Waals surface area contributed by atoms with Crippen molar-refractivity contribution in [2.75, 3.05) is 12.3 Å². The molecule has 2 N–H and O–H groups in total. The smallest absolute Gasteiger partial charge is 0.151 e. The highest BCUT2D eigenvalue weighted by Crippen LogP contribution is 2.27. The zero-order valence-electron chi connectivity index (χ0n) is 9.49. The van der Waals surface area contributed by atoms with Gasteiger partial charge in [-0.2, -0.15) is 0 Å². The minimum absolute atomic E-state index is 0.188. The summed E-state index contributed by atoms with van der Waals surface area (Å²) in [5.74, 6) is -1.06. The molecule has 2 aromatic rings. The fraction of sp³-hybridized carbons (Fsp3) is 0.250. The molecule has 0 saturated heterocycles. The van der Waals surface area contributed by atoms with Crippen molar-refractivity contribution in [3.05, 3.63) is 41.1 Å². The summed E-state index contributed by atoms with van der Waals surface area (Å²) in [4.78, 5) is 0. The van der Waals surface area contributed by atoms with Crippen molar-refractivity contribution in [3.8, 4) is 5.69 Å². The summed E-state index contributed by atoms with van der Waals surface area (Å²) in [6.45, 7) is 0.825. The second-order valence-electron chi connectivity index (χ2n) is 4.10. The topological polar surface area (TPSA) is 53.1 Å². The minimum atomic E-state index is -0.660. The van der Waals surface area contributed by atoms with Crippen LogP contribution in [-0.4, -0.2) is 16.4 Å². The lowest BCUT2D eigenvalue weighted by Gasteiger charge is -2.15. The van der Waals surface area contributed by atoms with E-state index < -0.39 is 11.6 Å². The lowest BCUT2D eigenvalue weighted by atomic mass is 10.1. The number of nitrogens with two attached hydrogens (primary N) is 1. The fourth-order valence-corrected chi connectivity index (χ4v) is 2.14. The quantitative estimate of drug-likeness (QED) is 0.840. The number of benzene rings is 1. The summed E-state index contributed by atoms with van der Waals surface area (Å²) in [6, 6.07) is 3.71. The zero-order valence-corrected chi connectivity index (χ0v) is 9.49. The summed E-state index contributed by atoms with van der Waals surface area (Å²) in [7, 11) is 0. The van der Waals surface area contributed by atoms with Crippen LogP contribution in [0.5, 0.6) is 0 Å². The molecule has 1 aromatic heterocycles. The van der Waals surface area contributed by atoms with Crippen molar-refractivity contribution >= 4 is 5.82 Å². The van der Waals surface area contributed by atoms with Crippen LogP contribution in [0.3, 0.4) is 0 Å². The van der Waals surface area contributed by atoms with Gasteiger partial charge in [0.05, 0.1) is 18.9 Å². The van der Waals surface area contributed by atoms with Gasteiger partial charge in [0.25, 0.3) is 0 Å². The highest BCUT2D eigenvalue weighted by Gasteiger charge is 2.23. The Labute approximate surface area is 102 Å². The van der Waals surface area contributed by atoms with Gasteiger partial charge in [-0.3, -0.25) is 0 Å². The Morgan fingerprint density at radius 1 is 1.28 bits per heavy atom. The van der Waals surface area contributed by atoms with E-state index in [9.17, 15) is 8.78 Å². The van der Waals surface area contributed by atoms with Crippen LogP contribution >= 0.6 is 0 Å². The van der Waals surface area contributed by atoms with E-state index in [1.807, 2.05) is 0 Å². The number of anilines is 1. The van der Waals surface area contributed by atoms with Crippen LogP contribution in [0.25, 0.3) is 5.69 Å². The molecule has 0 unspecified atom stereocenters. The third-order valence-electron chi connectivity index (χ3n) is 3.00. The number of nitrogens with zero attached hydrogens (tertiary/aromatic N) is 2. The second-order valence-corrected chi connectivity index (χ2v) is 4.10. The van der Waals surface area contributed by atoms with Gasteiger partial charge in [0.15, 0.2) is 17.5 Å². The molecular formula is C12H11F2N3O. The summed E-state index contributed by atoms with van der Waals surface area (Å²) >= 11 is 0. The van der Waals surface area contributed by atoms with Crippen molar-refractivity contribution in [3.63, 3.8) is 0 Å². The van der Waals surface area contributed by atoms with Gasteiger partial charge in [-0.05, 0) is 12.1 Å². The van der Waals surface area contributed by atoms with Crippen LogP contribution in [0.15, 0.2) is 18.2 Å². The molecule has 0 bridgehead atoms. The third-order valence-corrected chi connectivity index (χ3v) is 3.00. The third kappa shape index (κ3) is 1.57. The summed E-state index contributed by atoms with van der Waals surface area (Å²) in [5, 5.41) is 4.02. The molecule has 0 atom stereocenters. The molecular weight excluding hydrogens is 240 g/mol. The SMILES string of the molecule is Nc1nn(-c2c(F)cccc2F)c2c1COCC2. The molecule has 1 aromatic carbocycles. The van der Waals surface area contributed by atoms with Crippen LogP contribution < -0.4 is 5.73 Å². The second kappa shape index (κ2) is 4.06. The van der Waals surface area contributed by atoms with Gasteiger partial charge in [0.1, 0.15) is 5.69 Å². The van der Waals surface area contributed by atoms with E-state index in [0.29, 0.717) is 30.9 Å². The molecule has 94 valence electrons. The van der Waals surface area contributed by atoms with Crippen molar-refractivity contribution in [1.82, 2.24) is 9.78 Å². The van der Waals surface area contributed by atoms with Gasteiger partial charge in [-0.15, -0.1) is 5.10 Å².